The van der Waals surface area contributed by atoms with Gasteiger partial charge in [0, 0.05) is 26.2 Å². The zero-order valence-electron chi connectivity index (χ0n) is 14.9. The second-order valence-electron chi connectivity index (χ2n) is 6.85. The Hall–Kier alpha value is -1.30. The summed E-state index contributed by atoms with van der Waals surface area (Å²) in [6.07, 6.45) is 3.73. The molecule has 1 amide bonds. The average molecular weight is 368 g/mol. The normalized spacial score (nSPS) is 19.3. The van der Waals surface area contributed by atoms with Crippen LogP contribution in [0, 0.1) is 5.92 Å². The van der Waals surface area contributed by atoms with Crippen molar-refractivity contribution in [3.8, 4) is 0 Å². The van der Waals surface area contributed by atoms with Crippen LogP contribution in [0.15, 0.2) is 30.3 Å². The van der Waals surface area contributed by atoms with Gasteiger partial charge in [0.1, 0.15) is 6.61 Å². The third-order valence-corrected chi connectivity index (χ3v) is 5.15. The molecule has 1 aromatic rings. The van der Waals surface area contributed by atoms with Gasteiger partial charge in [-0.1, -0.05) is 30.3 Å². The number of piperidine rings is 1. The van der Waals surface area contributed by atoms with E-state index in [2.05, 4.69) is 10.2 Å². The van der Waals surface area contributed by atoms with Crippen molar-refractivity contribution < 1.29 is 9.53 Å². The predicted octanol–water partition coefficient (Wildman–Crippen LogP) is 2.75. The minimum atomic E-state index is -0.183. The SMILES string of the molecule is Cl.O=C(OCc1ccccc1)N1CCN(CCC2CCNCC2)CC1. The third-order valence-electron chi connectivity index (χ3n) is 5.15. The molecule has 2 aliphatic rings. The van der Waals surface area contributed by atoms with E-state index in [1.807, 2.05) is 35.2 Å². The monoisotopic (exact) mass is 367 g/mol. The van der Waals surface area contributed by atoms with Crippen molar-refractivity contribution in [1.82, 2.24) is 15.1 Å². The number of ether oxygens (including phenoxy) is 1. The number of hydrogen-bond acceptors (Lipinski definition) is 4. The largest absolute Gasteiger partial charge is 0.445 e. The number of benzene rings is 1. The van der Waals surface area contributed by atoms with E-state index < -0.39 is 0 Å². The van der Waals surface area contributed by atoms with Crippen LogP contribution in [0.5, 0.6) is 0 Å². The summed E-state index contributed by atoms with van der Waals surface area (Å²) in [6, 6.07) is 9.85. The van der Waals surface area contributed by atoms with Crippen LogP contribution in [0.2, 0.25) is 0 Å². The summed E-state index contributed by atoms with van der Waals surface area (Å²) in [6.45, 7) is 7.35. The van der Waals surface area contributed by atoms with Gasteiger partial charge in [-0.25, -0.2) is 4.79 Å². The topological polar surface area (TPSA) is 44.8 Å². The van der Waals surface area contributed by atoms with Gasteiger partial charge in [0.05, 0.1) is 0 Å². The highest BCUT2D eigenvalue weighted by Gasteiger charge is 2.23. The number of nitrogens with zero attached hydrogens (tertiary/aromatic N) is 2. The third kappa shape index (κ3) is 6.49. The van der Waals surface area contributed by atoms with E-state index in [4.69, 9.17) is 4.74 Å². The van der Waals surface area contributed by atoms with E-state index in [9.17, 15) is 4.79 Å². The van der Waals surface area contributed by atoms with Crippen LogP contribution in [0.1, 0.15) is 24.8 Å². The molecule has 0 aliphatic carbocycles. The van der Waals surface area contributed by atoms with Gasteiger partial charge >= 0.3 is 6.09 Å². The zero-order chi connectivity index (χ0) is 16.6. The van der Waals surface area contributed by atoms with Crippen LogP contribution < -0.4 is 5.32 Å². The molecule has 3 rings (SSSR count). The Kier molecular flexibility index (Phi) is 8.52. The molecular formula is C19H30ClN3O2. The number of nitrogens with one attached hydrogen (secondary N) is 1. The van der Waals surface area contributed by atoms with Crippen molar-refractivity contribution in [1.29, 1.82) is 0 Å². The van der Waals surface area contributed by atoms with Crippen molar-refractivity contribution in [2.24, 2.45) is 5.92 Å². The molecule has 1 aromatic carbocycles. The maximum absolute atomic E-state index is 12.2. The molecule has 140 valence electrons. The van der Waals surface area contributed by atoms with Gasteiger partial charge in [-0.2, -0.15) is 0 Å². The molecule has 25 heavy (non-hydrogen) atoms. The Labute approximate surface area is 157 Å². The Morgan fingerprint density at radius 3 is 2.44 bits per heavy atom. The van der Waals surface area contributed by atoms with Gasteiger partial charge in [0.15, 0.2) is 0 Å². The lowest BCUT2D eigenvalue weighted by atomic mass is 9.94. The molecule has 0 atom stereocenters. The quantitative estimate of drug-likeness (QED) is 0.869. The molecule has 0 radical (unpaired) electrons. The van der Waals surface area contributed by atoms with Crippen molar-refractivity contribution in [3.63, 3.8) is 0 Å². The first kappa shape index (κ1) is 20.0. The molecule has 1 N–H and O–H groups in total. The first-order valence-electron chi connectivity index (χ1n) is 9.20. The minimum Gasteiger partial charge on any atom is -0.445 e. The molecule has 0 unspecified atom stereocenters. The number of rotatable bonds is 5. The highest BCUT2D eigenvalue weighted by atomic mass is 35.5. The highest BCUT2D eigenvalue weighted by molar-refractivity contribution is 5.85. The van der Waals surface area contributed by atoms with Crippen molar-refractivity contribution in [3.05, 3.63) is 35.9 Å². The van der Waals surface area contributed by atoms with Crippen LogP contribution >= 0.6 is 12.4 Å². The summed E-state index contributed by atoms with van der Waals surface area (Å²) in [5.74, 6) is 0.875. The predicted molar refractivity (Wildman–Crippen MR) is 102 cm³/mol. The van der Waals surface area contributed by atoms with Crippen LogP contribution in [-0.4, -0.2) is 61.7 Å². The average Bonchev–Trinajstić information content (AvgIpc) is 2.66. The van der Waals surface area contributed by atoms with E-state index in [1.165, 1.54) is 32.4 Å². The number of carbonyl (C=O) groups is 1. The maximum Gasteiger partial charge on any atom is 0.410 e. The van der Waals surface area contributed by atoms with Crippen molar-refractivity contribution in [2.75, 3.05) is 45.8 Å². The molecule has 2 saturated heterocycles. The summed E-state index contributed by atoms with van der Waals surface area (Å²) < 4.78 is 5.42. The Bertz CT molecular complexity index is 501. The van der Waals surface area contributed by atoms with E-state index in [1.54, 1.807) is 0 Å². The summed E-state index contributed by atoms with van der Waals surface area (Å²) in [5, 5.41) is 3.42. The molecule has 6 heteroatoms. The second-order valence-corrected chi connectivity index (χ2v) is 6.85. The fourth-order valence-electron chi connectivity index (χ4n) is 3.50. The Morgan fingerprint density at radius 1 is 1.08 bits per heavy atom. The summed E-state index contributed by atoms with van der Waals surface area (Å²) >= 11 is 0. The second kappa shape index (κ2) is 10.6. The molecule has 0 bridgehead atoms. The molecule has 2 fully saturated rings. The lowest BCUT2D eigenvalue weighted by Crippen LogP contribution is -2.49. The first-order chi connectivity index (χ1) is 11.8. The number of hydrogen-bond donors (Lipinski definition) is 1. The van der Waals surface area contributed by atoms with Gasteiger partial charge in [0.2, 0.25) is 0 Å². The van der Waals surface area contributed by atoms with E-state index in [0.29, 0.717) is 6.61 Å². The molecule has 2 heterocycles. The minimum absolute atomic E-state index is 0. The summed E-state index contributed by atoms with van der Waals surface area (Å²) in [4.78, 5) is 16.5. The molecule has 0 saturated carbocycles. The number of halogens is 1. The lowest BCUT2D eigenvalue weighted by Gasteiger charge is -2.35. The van der Waals surface area contributed by atoms with Crippen LogP contribution in [0.25, 0.3) is 0 Å². The van der Waals surface area contributed by atoms with Gasteiger partial charge in [-0.3, -0.25) is 4.90 Å². The highest BCUT2D eigenvalue weighted by Crippen LogP contribution is 2.17. The van der Waals surface area contributed by atoms with Crippen LogP contribution in [0.4, 0.5) is 4.79 Å². The Morgan fingerprint density at radius 2 is 1.76 bits per heavy atom. The van der Waals surface area contributed by atoms with Gasteiger partial charge in [-0.15, -0.1) is 12.4 Å². The number of piperazine rings is 1. The van der Waals surface area contributed by atoms with Gasteiger partial charge in [-0.05, 0) is 50.4 Å². The molecule has 5 nitrogen and oxygen atoms in total. The zero-order valence-corrected chi connectivity index (χ0v) is 15.7. The van der Waals surface area contributed by atoms with E-state index in [0.717, 1.165) is 44.2 Å². The van der Waals surface area contributed by atoms with Crippen LogP contribution in [-0.2, 0) is 11.3 Å². The molecular weight excluding hydrogens is 338 g/mol. The maximum atomic E-state index is 12.2. The van der Waals surface area contributed by atoms with E-state index in [-0.39, 0.29) is 18.5 Å². The summed E-state index contributed by atoms with van der Waals surface area (Å²) in [7, 11) is 0. The van der Waals surface area contributed by atoms with Gasteiger partial charge in [0.25, 0.3) is 0 Å². The van der Waals surface area contributed by atoms with Gasteiger partial charge < -0.3 is 15.0 Å². The smallest absolute Gasteiger partial charge is 0.410 e. The molecule has 0 aromatic heterocycles. The fourth-order valence-corrected chi connectivity index (χ4v) is 3.50. The number of carbonyl (C=O) groups excluding carboxylic acids is 1. The summed E-state index contributed by atoms with van der Waals surface area (Å²) in [5.41, 5.74) is 1.03. The Balaban J connectivity index is 0.00000225. The van der Waals surface area contributed by atoms with Crippen LogP contribution in [0.3, 0.4) is 0 Å². The first-order valence-corrected chi connectivity index (χ1v) is 9.20. The standard InChI is InChI=1S/C19H29N3O2.ClH/c23-19(24-16-18-4-2-1-3-5-18)22-14-12-21(13-15-22)11-8-17-6-9-20-10-7-17;/h1-5,17,20H,6-16H2;1H. The fraction of sp³-hybridized carbons (Fsp3) is 0.632. The lowest BCUT2D eigenvalue weighted by molar-refractivity contribution is 0.0699. The van der Waals surface area contributed by atoms with Crippen molar-refractivity contribution in [2.45, 2.75) is 25.9 Å². The molecule has 2 aliphatic heterocycles. The van der Waals surface area contributed by atoms with E-state index >= 15 is 0 Å². The molecule has 0 spiro atoms. The van der Waals surface area contributed by atoms with Crippen molar-refractivity contribution >= 4 is 18.5 Å². The number of amides is 1.